The minimum Gasteiger partial charge on any atom is -0.462 e. The van der Waals surface area contributed by atoms with E-state index in [1.54, 1.807) is 6.07 Å². The SMILES string of the molecule is CCOC(=O)c1ccccc1NC(C)CCC(C)C. The summed E-state index contributed by atoms with van der Waals surface area (Å²) in [5, 5.41) is 3.40. The van der Waals surface area contributed by atoms with E-state index in [4.69, 9.17) is 4.74 Å². The standard InChI is InChI=1S/C16H25NO2/c1-5-19-16(18)14-8-6-7-9-15(14)17-13(4)11-10-12(2)3/h6-9,12-13,17H,5,10-11H2,1-4H3. The quantitative estimate of drug-likeness (QED) is 0.753. The number of ether oxygens (including phenoxy) is 1. The number of anilines is 1. The van der Waals surface area contributed by atoms with Gasteiger partial charge in [0.1, 0.15) is 0 Å². The van der Waals surface area contributed by atoms with Crippen LogP contribution in [-0.4, -0.2) is 18.6 Å². The highest BCUT2D eigenvalue weighted by atomic mass is 16.5. The van der Waals surface area contributed by atoms with Crippen molar-refractivity contribution < 1.29 is 9.53 Å². The van der Waals surface area contributed by atoms with Gasteiger partial charge >= 0.3 is 5.97 Å². The molecule has 0 fully saturated rings. The monoisotopic (exact) mass is 263 g/mol. The fourth-order valence-electron chi connectivity index (χ4n) is 1.92. The Kier molecular flexibility index (Phi) is 6.40. The van der Waals surface area contributed by atoms with Gasteiger partial charge in [0.2, 0.25) is 0 Å². The number of hydrogen-bond acceptors (Lipinski definition) is 3. The molecule has 0 heterocycles. The minimum absolute atomic E-state index is 0.262. The topological polar surface area (TPSA) is 38.3 Å². The maximum Gasteiger partial charge on any atom is 0.340 e. The number of benzene rings is 1. The van der Waals surface area contributed by atoms with Gasteiger partial charge in [0.15, 0.2) is 0 Å². The van der Waals surface area contributed by atoms with Crippen LogP contribution in [0.3, 0.4) is 0 Å². The summed E-state index contributed by atoms with van der Waals surface area (Å²) in [5.74, 6) is 0.436. The van der Waals surface area contributed by atoms with Crippen LogP contribution >= 0.6 is 0 Å². The van der Waals surface area contributed by atoms with Gasteiger partial charge in [-0.1, -0.05) is 26.0 Å². The van der Waals surface area contributed by atoms with E-state index in [-0.39, 0.29) is 5.97 Å². The highest BCUT2D eigenvalue weighted by Gasteiger charge is 2.13. The Morgan fingerprint density at radius 3 is 2.53 bits per heavy atom. The molecule has 1 aromatic carbocycles. The second kappa shape index (κ2) is 7.82. The van der Waals surface area contributed by atoms with Crippen LogP contribution in [0, 0.1) is 5.92 Å². The zero-order valence-electron chi connectivity index (χ0n) is 12.4. The van der Waals surface area contributed by atoms with Crippen molar-refractivity contribution in [1.82, 2.24) is 0 Å². The fourth-order valence-corrected chi connectivity index (χ4v) is 1.92. The average molecular weight is 263 g/mol. The van der Waals surface area contributed by atoms with Crippen molar-refractivity contribution in [2.45, 2.75) is 46.6 Å². The van der Waals surface area contributed by atoms with Crippen molar-refractivity contribution in [1.29, 1.82) is 0 Å². The van der Waals surface area contributed by atoms with Crippen molar-refractivity contribution in [2.24, 2.45) is 5.92 Å². The van der Waals surface area contributed by atoms with Crippen molar-refractivity contribution >= 4 is 11.7 Å². The van der Waals surface area contributed by atoms with E-state index in [2.05, 4.69) is 26.1 Å². The number of hydrogen-bond donors (Lipinski definition) is 1. The second-order valence-corrected chi connectivity index (χ2v) is 5.28. The van der Waals surface area contributed by atoms with Crippen LogP contribution in [0.1, 0.15) is 50.9 Å². The first kappa shape index (κ1) is 15.5. The molecule has 0 saturated heterocycles. The van der Waals surface area contributed by atoms with Gasteiger partial charge in [-0.2, -0.15) is 0 Å². The van der Waals surface area contributed by atoms with Gasteiger partial charge in [-0.15, -0.1) is 0 Å². The summed E-state index contributed by atoms with van der Waals surface area (Å²) in [5.41, 5.74) is 1.47. The van der Waals surface area contributed by atoms with Crippen LogP contribution in [0.25, 0.3) is 0 Å². The van der Waals surface area contributed by atoms with Crippen LogP contribution in [0.15, 0.2) is 24.3 Å². The van der Waals surface area contributed by atoms with Gasteiger partial charge < -0.3 is 10.1 Å². The molecule has 0 amide bonds. The molecule has 0 spiro atoms. The lowest BCUT2D eigenvalue weighted by Gasteiger charge is -2.18. The predicted octanol–water partition coefficient (Wildman–Crippen LogP) is 4.10. The molecule has 19 heavy (non-hydrogen) atoms. The highest BCUT2D eigenvalue weighted by molar-refractivity contribution is 5.95. The molecule has 0 bridgehead atoms. The largest absolute Gasteiger partial charge is 0.462 e. The molecule has 106 valence electrons. The number of esters is 1. The molecule has 0 aliphatic heterocycles. The Morgan fingerprint density at radius 1 is 1.21 bits per heavy atom. The normalized spacial score (nSPS) is 12.3. The molecule has 3 nitrogen and oxygen atoms in total. The Bertz CT molecular complexity index is 401. The average Bonchev–Trinajstić information content (AvgIpc) is 2.37. The Morgan fingerprint density at radius 2 is 1.89 bits per heavy atom. The molecule has 1 N–H and O–H groups in total. The van der Waals surface area contributed by atoms with E-state index < -0.39 is 0 Å². The third kappa shape index (κ3) is 5.33. The van der Waals surface area contributed by atoms with Crippen molar-refractivity contribution in [3.63, 3.8) is 0 Å². The number of carbonyl (C=O) groups excluding carboxylic acids is 1. The minimum atomic E-state index is -0.262. The molecule has 1 aromatic rings. The van der Waals surface area contributed by atoms with Gasteiger partial charge in [-0.3, -0.25) is 0 Å². The maximum absolute atomic E-state index is 11.9. The van der Waals surface area contributed by atoms with Gasteiger partial charge in [0, 0.05) is 11.7 Å². The molecular formula is C16H25NO2. The van der Waals surface area contributed by atoms with Gasteiger partial charge in [-0.25, -0.2) is 4.79 Å². The van der Waals surface area contributed by atoms with E-state index in [0.29, 0.717) is 24.1 Å². The summed E-state index contributed by atoms with van der Waals surface area (Å²) in [6, 6.07) is 7.86. The lowest BCUT2D eigenvalue weighted by molar-refractivity contribution is 0.0527. The summed E-state index contributed by atoms with van der Waals surface area (Å²) in [6.45, 7) is 8.80. The van der Waals surface area contributed by atoms with Crippen LogP contribution in [0.4, 0.5) is 5.69 Å². The van der Waals surface area contributed by atoms with E-state index in [1.807, 2.05) is 25.1 Å². The Labute approximate surface area is 116 Å². The molecule has 0 radical (unpaired) electrons. The lowest BCUT2D eigenvalue weighted by Crippen LogP contribution is -2.18. The molecular weight excluding hydrogens is 238 g/mol. The lowest BCUT2D eigenvalue weighted by atomic mass is 10.0. The molecule has 3 heteroatoms. The molecule has 0 aliphatic rings. The van der Waals surface area contributed by atoms with E-state index >= 15 is 0 Å². The van der Waals surface area contributed by atoms with Crippen molar-refractivity contribution in [3.05, 3.63) is 29.8 Å². The first-order chi connectivity index (χ1) is 9.04. The third-order valence-corrected chi connectivity index (χ3v) is 3.00. The number of para-hydroxylation sites is 1. The zero-order chi connectivity index (χ0) is 14.3. The van der Waals surface area contributed by atoms with Crippen LogP contribution in [-0.2, 0) is 4.74 Å². The summed E-state index contributed by atoms with van der Waals surface area (Å²) < 4.78 is 5.07. The summed E-state index contributed by atoms with van der Waals surface area (Å²) in [6.07, 6.45) is 2.27. The summed E-state index contributed by atoms with van der Waals surface area (Å²) in [4.78, 5) is 11.9. The predicted molar refractivity (Wildman–Crippen MR) is 79.6 cm³/mol. The Hall–Kier alpha value is -1.51. The maximum atomic E-state index is 11.9. The molecule has 0 aliphatic carbocycles. The molecule has 0 saturated carbocycles. The zero-order valence-corrected chi connectivity index (χ0v) is 12.4. The molecule has 1 atom stereocenters. The van der Waals surface area contributed by atoms with Crippen molar-refractivity contribution in [2.75, 3.05) is 11.9 Å². The van der Waals surface area contributed by atoms with E-state index in [0.717, 1.165) is 12.1 Å². The second-order valence-electron chi connectivity index (χ2n) is 5.28. The molecule has 1 unspecified atom stereocenters. The van der Waals surface area contributed by atoms with Crippen molar-refractivity contribution in [3.8, 4) is 0 Å². The number of carbonyl (C=O) groups is 1. The van der Waals surface area contributed by atoms with E-state index in [1.165, 1.54) is 6.42 Å². The van der Waals surface area contributed by atoms with Crippen LogP contribution in [0.5, 0.6) is 0 Å². The first-order valence-corrected chi connectivity index (χ1v) is 7.07. The summed E-state index contributed by atoms with van der Waals surface area (Å²) >= 11 is 0. The molecule has 0 aromatic heterocycles. The molecule has 1 rings (SSSR count). The Balaban J connectivity index is 2.69. The number of rotatable bonds is 7. The van der Waals surface area contributed by atoms with Gasteiger partial charge in [0.05, 0.1) is 12.2 Å². The first-order valence-electron chi connectivity index (χ1n) is 7.07. The summed E-state index contributed by atoms with van der Waals surface area (Å²) in [7, 11) is 0. The third-order valence-electron chi connectivity index (χ3n) is 3.00. The number of nitrogens with one attached hydrogen (secondary N) is 1. The van der Waals surface area contributed by atoms with Gasteiger partial charge in [-0.05, 0) is 44.7 Å². The van der Waals surface area contributed by atoms with Gasteiger partial charge in [0.25, 0.3) is 0 Å². The van der Waals surface area contributed by atoms with Crippen LogP contribution < -0.4 is 5.32 Å². The van der Waals surface area contributed by atoms with E-state index in [9.17, 15) is 4.79 Å². The van der Waals surface area contributed by atoms with Crippen LogP contribution in [0.2, 0.25) is 0 Å². The highest BCUT2D eigenvalue weighted by Crippen LogP contribution is 2.19. The fraction of sp³-hybridized carbons (Fsp3) is 0.562. The smallest absolute Gasteiger partial charge is 0.340 e.